The third-order valence-corrected chi connectivity index (χ3v) is 6.87. The van der Waals surface area contributed by atoms with E-state index in [1.54, 1.807) is 28.8 Å². The van der Waals surface area contributed by atoms with E-state index in [2.05, 4.69) is 10.1 Å². The van der Waals surface area contributed by atoms with Gasteiger partial charge in [0, 0.05) is 24.2 Å². The third kappa shape index (κ3) is 4.50. The number of rotatable bonds is 6. The van der Waals surface area contributed by atoms with E-state index in [1.165, 1.54) is 0 Å². The second-order valence-corrected chi connectivity index (χ2v) is 10.3. The number of halogens is 1. The molecule has 0 bridgehead atoms. The Kier molecular flexibility index (Phi) is 5.78. The van der Waals surface area contributed by atoms with Crippen LogP contribution in [0.15, 0.2) is 36.5 Å². The summed E-state index contributed by atoms with van der Waals surface area (Å²) in [4.78, 5) is 20.0. The van der Waals surface area contributed by atoms with Gasteiger partial charge < -0.3 is 19.5 Å². The molecule has 1 aliphatic heterocycles. The third-order valence-electron chi connectivity index (χ3n) is 6.64. The molecule has 8 nitrogen and oxygen atoms in total. The van der Waals surface area contributed by atoms with Crippen molar-refractivity contribution in [3.05, 3.63) is 58.5 Å². The Morgan fingerprint density at radius 2 is 2.09 bits per heavy atom. The first-order chi connectivity index (χ1) is 16.2. The fourth-order valence-corrected chi connectivity index (χ4v) is 4.78. The Morgan fingerprint density at radius 1 is 1.29 bits per heavy atom. The smallest absolute Gasteiger partial charge is 0.256 e. The van der Waals surface area contributed by atoms with Crippen LogP contribution >= 0.6 is 11.6 Å². The monoisotopic (exact) mass is 484 g/mol. The maximum atomic E-state index is 13.7. The molecule has 1 aromatic carbocycles. The zero-order valence-corrected chi connectivity index (χ0v) is 20.4. The second kappa shape index (κ2) is 8.52. The lowest BCUT2D eigenvalue weighted by Crippen LogP contribution is -2.60. The second-order valence-electron chi connectivity index (χ2n) is 9.85. The fraction of sp³-hybridized carbons (Fsp3) is 0.480. The van der Waals surface area contributed by atoms with Crippen molar-refractivity contribution in [1.29, 1.82) is 0 Å². The van der Waals surface area contributed by atoms with Crippen LogP contribution in [-0.2, 0) is 17.6 Å². The minimum absolute atomic E-state index is 0.183. The molecule has 1 saturated heterocycles. The van der Waals surface area contributed by atoms with Crippen molar-refractivity contribution in [2.75, 3.05) is 20.3 Å². The van der Waals surface area contributed by atoms with E-state index in [0.717, 1.165) is 12.0 Å². The Bertz CT molecular complexity index is 1240. The summed E-state index contributed by atoms with van der Waals surface area (Å²) in [6, 6.07) is 9.05. The molecule has 5 rings (SSSR count). The largest absolute Gasteiger partial charge is 0.493 e. The lowest BCUT2D eigenvalue weighted by molar-refractivity contribution is -0.131. The van der Waals surface area contributed by atoms with Gasteiger partial charge in [-0.1, -0.05) is 23.7 Å². The number of hydrogen-bond acceptors (Lipinski definition) is 6. The zero-order valence-electron chi connectivity index (χ0n) is 19.6. The zero-order chi connectivity index (χ0) is 24.1. The van der Waals surface area contributed by atoms with Crippen LogP contribution in [0.25, 0.3) is 5.65 Å². The van der Waals surface area contributed by atoms with E-state index < -0.39 is 11.2 Å². The van der Waals surface area contributed by atoms with E-state index in [4.69, 9.17) is 21.1 Å². The number of aliphatic hydroxyl groups is 1. The summed E-state index contributed by atoms with van der Waals surface area (Å²) in [5.74, 6) is 0.944. The molecule has 1 unspecified atom stereocenters. The molecular formula is C25H29ClN4O4. The van der Waals surface area contributed by atoms with Gasteiger partial charge in [0.2, 0.25) is 0 Å². The average Bonchev–Trinajstić information content (AvgIpc) is 3.40. The summed E-state index contributed by atoms with van der Waals surface area (Å²) < 4.78 is 13.1. The Labute approximate surface area is 203 Å². The van der Waals surface area contributed by atoms with Crippen LogP contribution in [0.5, 0.6) is 5.75 Å². The molecule has 2 fully saturated rings. The summed E-state index contributed by atoms with van der Waals surface area (Å²) in [7, 11) is 1.55. The standard InChI is InChI=1S/C25H29ClN4O4/c1-24(2)15-29(20(14-34-24)25(32)9-10-25)23(31)17-12-19(33-3)22-27-21(28-30(22)13-17)8-7-16-5-4-6-18(26)11-16/h4-6,11-13,20,32H,7-10,14-15H2,1-3H3. The number of carbonyl (C=O) groups excluding carboxylic acids is 1. The van der Waals surface area contributed by atoms with Gasteiger partial charge in [0.05, 0.1) is 36.5 Å². The van der Waals surface area contributed by atoms with Crippen LogP contribution in [0.1, 0.15) is 48.4 Å². The quantitative estimate of drug-likeness (QED) is 0.577. The van der Waals surface area contributed by atoms with Gasteiger partial charge in [-0.05, 0) is 56.9 Å². The summed E-state index contributed by atoms with van der Waals surface area (Å²) in [6.07, 6.45) is 4.40. The van der Waals surface area contributed by atoms with Crippen LogP contribution in [-0.4, -0.2) is 68.0 Å². The molecular weight excluding hydrogens is 456 g/mol. The normalized spacial score (nSPS) is 21.0. The van der Waals surface area contributed by atoms with Crippen molar-refractivity contribution in [2.24, 2.45) is 0 Å². The molecule has 1 aliphatic carbocycles. The van der Waals surface area contributed by atoms with E-state index in [9.17, 15) is 9.90 Å². The van der Waals surface area contributed by atoms with Crippen molar-refractivity contribution >= 4 is 23.2 Å². The summed E-state index contributed by atoms with van der Waals surface area (Å²) in [6.45, 7) is 4.61. The van der Waals surface area contributed by atoms with Gasteiger partial charge in [0.1, 0.15) is 0 Å². The Hall–Kier alpha value is -2.68. The van der Waals surface area contributed by atoms with Crippen LogP contribution in [0.4, 0.5) is 0 Å². The number of fused-ring (bicyclic) bond motifs is 1. The SMILES string of the molecule is COc1cc(C(=O)N2CC(C)(C)OCC2C2(O)CC2)cn2nc(CCc3cccc(Cl)c3)nc12. The molecule has 0 radical (unpaired) electrons. The molecule has 2 aromatic heterocycles. The Morgan fingerprint density at radius 3 is 2.79 bits per heavy atom. The summed E-state index contributed by atoms with van der Waals surface area (Å²) in [5, 5.41) is 16.1. The predicted octanol–water partition coefficient (Wildman–Crippen LogP) is 3.32. The number of ether oxygens (including phenoxy) is 2. The van der Waals surface area contributed by atoms with Crippen LogP contribution in [0, 0.1) is 0 Å². The lowest BCUT2D eigenvalue weighted by atomic mass is 9.99. The number of benzene rings is 1. The number of amides is 1. The minimum atomic E-state index is -0.874. The predicted molar refractivity (Wildman–Crippen MR) is 127 cm³/mol. The van der Waals surface area contributed by atoms with Gasteiger partial charge >= 0.3 is 0 Å². The van der Waals surface area contributed by atoms with E-state index in [0.29, 0.717) is 60.2 Å². The highest BCUT2D eigenvalue weighted by atomic mass is 35.5. The maximum Gasteiger partial charge on any atom is 0.256 e. The van der Waals surface area contributed by atoms with Crippen molar-refractivity contribution in [1.82, 2.24) is 19.5 Å². The number of carbonyl (C=O) groups is 1. The topological polar surface area (TPSA) is 89.2 Å². The molecule has 3 heterocycles. The minimum Gasteiger partial charge on any atom is -0.493 e. The van der Waals surface area contributed by atoms with Gasteiger partial charge in [-0.15, -0.1) is 0 Å². The number of hydrogen-bond donors (Lipinski definition) is 1. The van der Waals surface area contributed by atoms with Crippen LogP contribution < -0.4 is 4.74 Å². The highest BCUT2D eigenvalue weighted by Gasteiger charge is 2.54. The summed E-state index contributed by atoms with van der Waals surface area (Å²) >= 11 is 6.09. The molecule has 1 atom stereocenters. The lowest BCUT2D eigenvalue weighted by Gasteiger charge is -2.45. The Balaban J connectivity index is 1.43. The number of aromatic nitrogens is 3. The first-order valence-corrected chi connectivity index (χ1v) is 11.9. The van der Waals surface area contributed by atoms with Crippen molar-refractivity contribution in [2.45, 2.75) is 56.8 Å². The first kappa shape index (κ1) is 23.1. The number of methoxy groups -OCH3 is 1. The summed E-state index contributed by atoms with van der Waals surface area (Å²) in [5.41, 5.74) is 0.726. The molecule has 1 saturated carbocycles. The van der Waals surface area contributed by atoms with Gasteiger partial charge in [-0.2, -0.15) is 5.10 Å². The number of aryl methyl sites for hydroxylation is 2. The maximum absolute atomic E-state index is 13.7. The van der Waals surface area contributed by atoms with E-state index in [1.807, 2.05) is 38.1 Å². The molecule has 34 heavy (non-hydrogen) atoms. The van der Waals surface area contributed by atoms with Gasteiger partial charge in [0.15, 0.2) is 17.2 Å². The molecule has 9 heteroatoms. The van der Waals surface area contributed by atoms with Crippen molar-refractivity contribution < 1.29 is 19.4 Å². The molecule has 2 aliphatic rings. The molecule has 1 N–H and O–H groups in total. The van der Waals surface area contributed by atoms with Gasteiger partial charge in [0.25, 0.3) is 5.91 Å². The van der Waals surface area contributed by atoms with Crippen LogP contribution in [0.2, 0.25) is 5.02 Å². The molecule has 0 spiro atoms. The highest BCUT2D eigenvalue weighted by Crippen LogP contribution is 2.43. The molecule has 180 valence electrons. The van der Waals surface area contributed by atoms with Crippen LogP contribution in [0.3, 0.4) is 0 Å². The first-order valence-electron chi connectivity index (χ1n) is 11.5. The van der Waals surface area contributed by atoms with Crippen molar-refractivity contribution in [3.8, 4) is 5.75 Å². The number of morpholine rings is 1. The number of pyridine rings is 1. The highest BCUT2D eigenvalue weighted by molar-refractivity contribution is 6.30. The molecule has 1 amide bonds. The molecule has 3 aromatic rings. The van der Waals surface area contributed by atoms with E-state index in [-0.39, 0.29) is 11.9 Å². The fourth-order valence-electron chi connectivity index (χ4n) is 4.57. The average molecular weight is 485 g/mol. The van der Waals surface area contributed by atoms with E-state index >= 15 is 0 Å². The van der Waals surface area contributed by atoms with Crippen molar-refractivity contribution in [3.63, 3.8) is 0 Å². The van der Waals surface area contributed by atoms with Gasteiger partial charge in [-0.3, -0.25) is 4.79 Å². The van der Waals surface area contributed by atoms with Gasteiger partial charge in [-0.25, -0.2) is 9.50 Å². The number of nitrogens with zero attached hydrogens (tertiary/aromatic N) is 4.